The van der Waals surface area contributed by atoms with Gasteiger partial charge >= 0.3 is 0 Å². The van der Waals surface area contributed by atoms with Crippen molar-refractivity contribution >= 4 is 5.78 Å². The topological polar surface area (TPSA) is 40.5 Å². The molecule has 3 nitrogen and oxygen atoms in total. The van der Waals surface area contributed by atoms with Gasteiger partial charge in [0.2, 0.25) is 0 Å². The predicted octanol–water partition coefficient (Wildman–Crippen LogP) is 2.06. The van der Waals surface area contributed by atoms with Gasteiger partial charge in [0, 0.05) is 24.6 Å². The van der Waals surface area contributed by atoms with Crippen LogP contribution in [0, 0.1) is 5.92 Å². The third-order valence-corrected chi connectivity index (χ3v) is 2.85. The van der Waals surface area contributed by atoms with Crippen molar-refractivity contribution in [3.05, 3.63) is 35.9 Å². The lowest BCUT2D eigenvalue weighted by Gasteiger charge is -2.23. The van der Waals surface area contributed by atoms with Gasteiger partial charge < -0.3 is 5.11 Å². The average Bonchev–Trinajstić information content (AvgIpc) is 2.38. The first-order valence-electron chi connectivity index (χ1n) is 6.25. The maximum Gasteiger partial charge on any atom is 0.251 e. The minimum Gasteiger partial charge on any atom is -0.395 e. The van der Waals surface area contributed by atoms with Crippen LogP contribution in [0.4, 0.5) is 8.78 Å². The third-order valence-electron chi connectivity index (χ3n) is 2.85. The molecule has 1 rings (SSSR count). The molecule has 0 saturated heterocycles. The van der Waals surface area contributed by atoms with Crippen molar-refractivity contribution in [3.63, 3.8) is 0 Å². The first kappa shape index (κ1) is 15.7. The van der Waals surface area contributed by atoms with Gasteiger partial charge in [-0.25, -0.2) is 8.78 Å². The molecule has 0 amide bonds. The molecule has 0 aliphatic carbocycles. The normalized spacial score (nSPS) is 12.9. The third kappa shape index (κ3) is 5.44. The highest BCUT2D eigenvalue weighted by molar-refractivity contribution is 5.97. The van der Waals surface area contributed by atoms with Crippen molar-refractivity contribution in [2.45, 2.75) is 13.3 Å². The molecule has 0 aliphatic rings. The van der Waals surface area contributed by atoms with E-state index in [-0.39, 0.29) is 31.4 Å². The van der Waals surface area contributed by atoms with Gasteiger partial charge in [0.05, 0.1) is 13.2 Å². The molecule has 19 heavy (non-hydrogen) atoms. The number of rotatable bonds is 8. The van der Waals surface area contributed by atoms with Crippen LogP contribution in [0.3, 0.4) is 0 Å². The van der Waals surface area contributed by atoms with E-state index in [1.165, 1.54) is 4.90 Å². The van der Waals surface area contributed by atoms with Crippen LogP contribution in [0.15, 0.2) is 30.3 Å². The Morgan fingerprint density at radius 2 is 1.89 bits per heavy atom. The fourth-order valence-electron chi connectivity index (χ4n) is 1.95. The fraction of sp³-hybridized carbons (Fsp3) is 0.500. The molecule has 0 aromatic heterocycles. The first-order chi connectivity index (χ1) is 9.04. The summed E-state index contributed by atoms with van der Waals surface area (Å²) in [5.41, 5.74) is 0.580. The Morgan fingerprint density at radius 3 is 2.42 bits per heavy atom. The van der Waals surface area contributed by atoms with Crippen LogP contribution >= 0.6 is 0 Å². The predicted molar refractivity (Wildman–Crippen MR) is 69.5 cm³/mol. The number of benzene rings is 1. The van der Waals surface area contributed by atoms with Crippen molar-refractivity contribution in [2.75, 3.05) is 26.2 Å². The van der Waals surface area contributed by atoms with Gasteiger partial charge in [-0.2, -0.15) is 0 Å². The molecule has 1 atom stereocenters. The Morgan fingerprint density at radius 1 is 1.26 bits per heavy atom. The molecule has 5 heteroatoms. The van der Waals surface area contributed by atoms with Crippen LogP contribution in [0.2, 0.25) is 0 Å². The summed E-state index contributed by atoms with van der Waals surface area (Å²) in [6.07, 6.45) is -2.47. The summed E-state index contributed by atoms with van der Waals surface area (Å²) in [6, 6.07) is 8.77. The van der Waals surface area contributed by atoms with E-state index in [4.69, 9.17) is 5.11 Å². The fourth-order valence-corrected chi connectivity index (χ4v) is 1.95. The second-order valence-corrected chi connectivity index (χ2v) is 4.51. The second kappa shape index (κ2) is 7.96. The number of Topliss-reactive ketones (excluding diaryl/α,β-unsaturated/α-hetero) is 1. The highest BCUT2D eigenvalue weighted by Crippen LogP contribution is 2.11. The number of carbonyl (C=O) groups excluding carboxylic acids is 1. The average molecular weight is 271 g/mol. The van der Waals surface area contributed by atoms with Crippen LogP contribution in [-0.2, 0) is 0 Å². The molecule has 1 aromatic rings. The number of nitrogens with zero attached hydrogens (tertiary/aromatic N) is 1. The number of alkyl halides is 2. The van der Waals surface area contributed by atoms with Gasteiger partial charge in [0.1, 0.15) is 0 Å². The first-order valence-corrected chi connectivity index (χ1v) is 6.25. The quantitative estimate of drug-likeness (QED) is 0.736. The Balaban J connectivity index is 2.60. The smallest absolute Gasteiger partial charge is 0.251 e. The van der Waals surface area contributed by atoms with Crippen LogP contribution in [0.25, 0.3) is 0 Å². The standard InChI is InChI=1S/C14H19F2NO2/c1-11(9-17(7-8-18)10-13(15)16)14(19)12-5-3-2-4-6-12/h2-6,11,13,18H,7-10H2,1H3. The summed E-state index contributed by atoms with van der Waals surface area (Å²) < 4.78 is 24.7. The van der Waals surface area contributed by atoms with E-state index in [9.17, 15) is 13.6 Å². The molecule has 1 N–H and O–H groups in total. The lowest BCUT2D eigenvalue weighted by molar-refractivity contribution is 0.0647. The van der Waals surface area contributed by atoms with Gasteiger partial charge in [0.25, 0.3) is 6.43 Å². The number of aliphatic hydroxyl groups is 1. The van der Waals surface area contributed by atoms with E-state index in [0.29, 0.717) is 5.56 Å². The molecule has 1 unspecified atom stereocenters. The Hall–Kier alpha value is -1.33. The summed E-state index contributed by atoms with van der Waals surface area (Å²) in [4.78, 5) is 13.5. The molecular formula is C14H19F2NO2. The summed E-state index contributed by atoms with van der Waals surface area (Å²) >= 11 is 0. The van der Waals surface area contributed by atoms with Gasteiger partial charge in [-0.15, -0.1) is 0 Å². The minimum atomic E-state index is -2.47. The molecule has 0 saturated carbocycles. The Bertz CT molecular complexity index is 384. The van der Waals surface area contributed by atoms with Gasteiger partial charge in [0.15, 0.2) is 5.78 Å². The number of ketones is 1. The van der Waals surface area contributed by atoms with Crippen LogP contribution in [0.1, 0.15) is 17.3 Å². The molecule has 0 fully saturated rings. The molecular weight excluding hydrogens is 252 g/mol. The number of hydrogen-bond donors (Lipinski definition) is 1. The van der Waals surface area contributed by atoms with Crippen LogP contribution in [0.5, 0.6) is 0 Å². The highest BCUT2D eigenvalue weighted by atomic mass is 19.3. The van der Waals surface area contributed by atoms with E-state index < -0.39 is 13.0 Å². The van der Waals surface area contributed by atoms with E-state index in [2.05, 4.69) is 0 Å². The molecule has 0 radical (unpaired) electrons. The van der Waals surface area contributed by atoms with Crippen molar-refractivity contribution in [3.8, 4) is 0 Å². The Labute approximate surface area is 111 Å². The zero-order valence-corrected chi connectivity index (χ0v) is 10.9. The number of carbonyl (C=O) groups is 1. The van der Waals surface area contributed by atoms with Crippen molar-refractivity contribution < 1.29 is 18.7 Å². The highest BCUT2D eigenvalue weighted by Gasteiger charge is 2.20. The van der Waals surface area contributed by atoms with Gasteiger partial charge in [-0.3, -0.25) is 9.69 Å². The Kier molecular flexibility index (Phi) is 6.59. The van der Waals surface area contributed by atoms with Crippen molar-refractivity contribution in [1.82, 2.24) is 4.90 Å². The molecule has 0 aliphatic heterocycles. The number of halogens is 2. The van der Waals surface area contributed by atoms with Gasteiger partial charge in [-0.1, -0.05) is 37.3 Å². The molecule has 0 spiro atoms. The van der Waals surface area contributed by atoms with E-state index in [1.807, 2.05) is 6.07 Å². The summed E-state index contributed by atoms with van der Waals surface area (Å²) in [5.74, 6) is -0.453. The number of hydrogen-bond acceptors (Lipinski definition) is 3. The van der Waals surface area contributed by atoms with Crippen LogP contribution < -0.4 is 0 Å². The lowest BCUT2D eigenvalue weighted by Crippen LogP contribution is -2.37. The van der Waals surface area contributed by atoms with Crippen molar-refractivity contribution in [1.29, 1.82) is 0 Å². The summed E-state index contributed by atoms with van der Waals surface area (Å²) in [6.45, 7) is 1.46. The lowest BCUT2D eigenvalue weighted by atomic mass is 9.99. The zero-order chi connectivity index (χ0) is 14.3. The summed E-state index contributed by atoms with van der Waals surface area (Å²) in [7, 11) is 0. The minimum absolute atomic E-state index is 0.0715. The maximum atomic E-state index is 12.4. The maximum absolute atomic E-state index is 12.4. The van der Waals surface area contributed by atoms with E-state index in [0.717, 1.165) is 0 Å². The van der Waals surface area contributed by atoms with Crippen LogP contribution in [-0.4, -0.2) is 48.5 Å². The molecule has 106 valence electrons. The summed E-state index contributed by atoms with van der Waals surface area (Å²) in [5, 5.41) is 8.85. The largest absolute Gasteiger partial charge is 0.395 e. The van der Waals surface area contributed by atoms with E-state index in [1.54, 1.807) is 31.2 Å². The molecule has 0 heterocycles. The molecule has 0 bridgehead atoms. The van der Waals surface area contributed by atoms with E-state index >= 15 is 0 Å². The number of aliphatic hydroxyl groups excluding tert-OH is 1. The zero-order valence-electron chi connectivity index (χ0n) is 10.9. The SMILES string of the molecule is CC(CN(CCO)CC(F)F)C(=O)c1ccccc1. The van der Waals surface area contributed by atoms with Crippen molar-refractivity contribution in [2.24, 2.45) is 5.92 Å². The van der Waals surface area contributed by atoms with Gasteiger partial charge in [-0.05, 0) is 0 Å². The second-order valence-electron chi connectivity index (χ2n) is 4.51. The molecule has 1 aromatic carbocycles. The monoisotopic (exact) mass is 271 g/mol.